The number of rotatable bonds is 12. The van der Waals surface area contributed by atoms with Gasteiger partial charge >= 0.3 is 11.6 Å². The van der Waals surface area contributed by atoms with Crippen LogP contribution in [0.1, 0.15) is 60.0 Å². The van der Waals surface area contributed by atoms with E-state index in [1.807, 2.05) is 13.0 Å². The normalized spacial score (nSPS) is 12.8. The van der Waals surface area contributed by atoms with E-state index in [0.717, 1.165) is 11.3 Å². The molecule has 0 aliphatic heterocycles. The highest BCUT2D eigenvalue weighted by atomic mass is 32.1. The molecule has 10 heteroatoms. The molecule has 34 heavy (non-hydrogen) atoms. The third-order valence-corrected chi connectivity index (χ3v) is 5.72. The molecular weight excluding hydrogens is 470 g/mol. The van der Waals surface area contributed by atoms with Gasteiger partial charge in [0, 0.05) is 16.9 Å². The van der Waals surface area contributed by atoms with E-state index < -0.39 is 35.8 Å². The highest BCUT2D eigenvalue weighted by Gasteiger charge is 2.22. The SMILES string of the molecule is COC(=O)CC=CCCC(C)c1cc(O)c(C(=O)C(C)=Cc2ccc(OCC(F)F)s2)c(=O)o1. The molecule has 0 saturated heterocycles. The summed E-state index contributed by atoms with van der Waals surface area (Å²) in [6.45, 7) is 2.55. The summed E-state index contributed by atoms with van der Waals surface area (Å²) in [7, 11) is 1.31. The number of aromatic hydroxyl groups is 1. The Hall–Kier alpha value is -3.27. The van der Waals surface area contributed by atoms with Crippen LogP contribution < -0.4 is 10.4 Å². The molecule has 0 radical (unpaired) electrons. The number of hydrogen-bond donors (Lipinski definition) is 1. The minimum absolute atomic E-state index is 0.154. The average Bonchev–Trinajstić information content (AvgIpc) is 3.23. The number of thiophene rings is 1. The second kappa shape index (κ2) is 12.8. The summed E-state index contributed by atoms with van der Waals surface area (Å²) in [4.78, 5) is 36.9. The van der Waals surface area contributed by atoms with Crippen molar-refractivity contribution in [2.45, 2.75) is 45.5 Å². The molecule has 1 unspecified atom stereocenters. The van der Waals surface area contributed by atoms with Crippen molar-refractivity contribution in [1.29, 1.82) is 0 Å². The van der Waals surface area contributed by atoms with Gasteiger partial charge in [0.25, 0.3) is 6.43 Å². The lowest BCUT2D eigenvalue weighted by Crippen LogP contribution is -2.16. The van der Waals surface area contributed by atoms with Crippen molar-refractivity contribution >= 4 is 29.2 Å². The Labute approximate surface area is 199 Å². The molecule has 2 rings (SSSR count). The summed E-state index contributed by atoms with van der Waals surface area (Å²) < 4.78 is 39.3. The number of esters is 1. The molecule has 2 heterocycles. The molecule has 0 amide bonds. The number of methoxy groups -OCH3 is 1. The predicted octanol–water partition coefficient (Wildman–Crippen LogP) is 5.34. The monoisotopic (exact) mass is 496 g/mol. The van der Waals surface area contributed by atoms with Gasteiger partial charge < -0.3 is 19.0 Å². The van der Waals surface area contributed by atoms with E-state index in [4.69, 9.17) is 9.15 Å². The molecule has 0 fully saturated rings. The molecule has 0 saturated carbocycles. The summed E-state index contributed by atoms with van der Waals surface area (Å²) in [6, 6.07) is 4.35. The molecule has 2 aromatic rings. The Kier molecular flexibility index (Phi) is 10.2. The highest BCUT2D eigenvalue weighted by molar-refractivity contribution is 7.14. The van der Waals surface area contributed by atoms with Gasteiger partial charge in [0.05, 0.1) is 13.5 Å². The molecule has 0 aliphatic rings. The van der Waals surface area contributed by atoms with E-state index in [9.17, 15) is 28.3 Å². The van der Waals surface area contributed by atoms with Gasteiger partial charge in [-0.3, -0.25) is 9.59 Å². The van der Waals surface area contributed by atoms with Crippen molar-refractivity contribution in [2.75, 3.05) is 13.7 Å². The fourth-order valence-electron chi connectivity index (χ4n) is 2.93. The van der Waals surface area contributed by atoms with Gasteiger partial charge in [-0.05, 0) is 43.5 Å². The number of carbonyl (C=O) groups is 2. The topological polar surface area (TPSA) is 103 Å². The first-order valence-electron chi connectivity index (χ1n) is 10.4. The molecular formula is C24H26F2O7S. The number of allylic oxidation sites excluding steroid dienone is 2. The van der Waals surface area contributed by atoms with Gasteiger partial charge in [-0.2, -0.15) is 0 Å². The van der Waals surface area contributed by atoms with Gasteiger partial charge in [-0.15, -0.1) is 0 Å². The van der Waals surface area contributed by atoms with Crippen LogP contribution in [0.3, 0.4) is 0 Å². The third kappa shape index (κ3) is 7.95. The Morgan fingerprint density at radius 2 is 2.00 bits per heavy atom. The number of ether oxygens (including phenoxy) is 2. The lowest BCUT2D eigenvalue weighted by Gasteiger charge is -2.11. The second-order valence-electron chi connectivity index (χ2n) is 7.44. The number of alkyl halides is 2. The minimum Gasteiger partial charge on any atom is -0.507 e. The Morgan fingerprint density at radius 1 is 1.26 bits per heavy atom. The first-order chi connectivity index (χ1) is 16.1. The lowest BCUT2D eigenvalue weighted by molar-refractivity contribution is -0.139. The average molecular weight is 497 g/mol. The standard InChI is InChI=1S/C24H26F2O7S/c1-14(7-5-4-6-8-20(28)31-3)18-12-17(27)22(24(30)33-18)23(29)15(2)11-16-9-10-21(34-16)32-13-19(25)26/h4,6,9-12,14,19,27H,5,7-8,13H2,1-3H3. The van der Waals surface area contributed by atoms with Gasteiger partial charge in [0.15, 0.2) is 10.8 Å². The predicted molar refractivity (Wildman–Crippen MR) is 124 cm³/mol. The zero-order valence-corrected chi connectivity index (χ0v) is 19.8. The molecule has 1 atom stereocenters. The summed E-state index contributed by atoms with van der Waals surface area (Å²) >= 11 is 1.06. The zero-order valence-electron chi connectivity index (χ0n) is 19.0. The molecule has 0 spiro atoms. The number of carbonyl (C=O) groups excluding carboxylic acids is 2. The third-order valence-electron chi connectivity index (χ3n) is 4.78. The first kappa shape index (κ1) is 27.0. The number of ketones is 1. The quantitative estimate of drug-likeness (QED) is 0.183. The maximum Gasteiger partial charge on any atom is 0.351 e. The summed E-state index contributed by atoms with van der Waals surface area (Å²) in [5, 5.41) is 10.6. The van der Waals surface area contributed by atoms with Crippen molar-refractivity contribution < 1.29 is 37.4 Å². The maximum absolute atomic E-state index is 12.8. The van der Waals surface area contributed by atoms with Crippen molar-refractivity contribution in [3.8, 4) is 10.8 Å². The first-order valence-corrected chi connectivity index (χ1v) is 11.3. The lowest BCUT2D eigenvalue weighted by atomic mass is 9.99. The van der Waals surface area contributed by atoms with E-state index in [1.165, 1.54) is 32.2 Å². The van der Waals surface area contributed by atoms with Crippen molar-refractivity contribution in [3.05, 3.63) is 62.5 Å². The van der Waals surface area contributed by atoms with Crippen molar-refractivity contribution in [1.82, 2.24) is 0 Å². The van der Waals surface area contributed by atoms with Crippen LogP contribution in [0.25, 0.3) is 6.08 Å². The van der Waals surface area contributed by atoms with E-state index >= 15 is 0 Å². The van der Waals surface area contributed by atoms with Crippen LogP contribution in [-0.2, 0) is 9.53 Å². The van der Waals surface area contributed by atoms with Gasteiger partial charge in [-0.1, -0.05) is 30.4 Å². The molecule has 1 N–H and O–H groups in total. The Morgan fingerprint density at radius 3 is 2.65 bits per heavy atom. The van der Waals surface area contributed by atoms with Crippen LogP contribution in [0.5, 0.6) is 10.8 Å². The summed E-state index contributed by atoms with van der Waals surface area (Å²) in [6.07, 6.45) is 3.73. The molecule has 0 aliphatic carbocycles. The van der Waals surface area contributed by atoms with E-state index in [2.05, 4.69) is 4.74 Å². The highest BCUT2D eigenvalue weighted by Crippen LogP contribution is 2.29. The van der Waals surface area contributed by atoms with Crippen LogP contribution in [0.4, 0.5) is 8.78 Å². The minimum atomic E-state index is -2.60. The van der Waals surface area contributed by atoms with Crippen LogP contribution >= 0.6 is 11.3 Å². The molecule has 0 aromatic carbocycles. The summed E-state index contributed by atoms with van der Waals surface area (Å²) in [5.41, 5.74) is -1.28. The van der Waals surface area contributed by atoms with E-state index in [-0.39, 0.29) is 34.7 Å². The zero-order chi connectivity index (χ0) is 25.3. The Balaban J connectivity index is 2.08. The molecule has 2 aromatic heterocycles. The van der Waals surface area contributed by atoms with Crippen molar-refractivity contribution in [2.24, 2.45) is 0 Å². The van der Waals surface area contributed by atoms with Gasteiger partial charge in [0.2, 0.25) is 0 Å². The summed E-state index contributed by atoms with van der Waals surface area (Å²) in [5.74, 6) is -1.52. The molecule has 7 nitrogen and oxygen atoms in total. The van der Waals surface area contributed by atoms with Crippen molar-refractivity contribution in [3.63, 3.8) is 0 Å². The van der Waals surface area contributed by atoms with Crippen LogP contribution in [-0.4, -0.2) is 37.0 Å². The molecule has 0 bridgehead atoms. The second-order valence-corrected chi connectivity index (χ2v) is 8.52. The Bertz CT molecular complexity index is 1110. The number of halogens is 2. The largest absolute Gasteiger partial charge is 0.507 e. The van der Waals surface area contributed by atoms with Gasteiger partial charge in [0.1, 0.15) is 23.7 Å². The van der Waals surface area contributed by atoms with E-state index in [1.54, 1.807) is 12.1 Å². The number of Topliss-reactive ketones (excluding diaryl/α,β-unsaturated/α-hetero) is 1. The van der Waals surface area contributed by atoms with Gasteiger partial charge in [-0.25, -0.2) is 13.6 Å². The van der Waals surface area contributed by atoms with Crippen LogP contribution in [0.2, 0.25) is 0 Å². The smallest absolute Gasteiger partial charge is 0.351 e. The number of hydrogen-bond acceptors (Lipinski definition) is 8. The van der Waals surface area contributed by atoms with Crippen LogP contribution in [0.15, 0.2) is 45.1 Å². The maximum atomic E-state index is 12.8. The van der Waals surface area contributed by atoms with E-state index in [0.29, 0.717) is 17.7 Å². The fourth-order valence-corrected chi connectivity index (χ4v) is 3.80. The van der Waals surface area contributed by atoms with Crippen LogP contribution in [0, 0.1) is 0 Å². The fraction of sp³-hybridized carbons (Fsp3) is 0.375. The molecule has 184 valence electrons.